The second kappa shape index (κ2) is 6.86. The Balaban J connectivity index is 3.25. The first-order valence-corrected chi connectivity index (χ1v) is 6.70. The van der Waals surface area contributed by atoms with Crippen LogP contribution in [0.25, 0.3) is 0 Å². The van der Waals surface area contributed by atoms with E-state index >= 15 is 0 Å². The minimum atomic E-state index is -0.240. The van der Waals surface area contributed by atoms with Crippen molar-refractivity contribution >= 4 is 6.29 Å². The molecule has 0 aromatic heterocycles. The van der Waals surface area contributed by atoms with Crippen molar-refractivity contribution in [2.45, 2.75) is 39.5 Å². The predicted octanol–water partition coefficient (Wildman–Crippen LogP) is 4.32. The molecule has 0 fully saturated rings. The van der Waals surface area contributed by atoms with Gasteiger partial charge in [0.15, 0.2) is 0 Å². The number of nitriles is 1. The molecule has 0 aliphatic carbocycles. The molecule has 2 heteroatoms. The molecule has 0 bridgehead atoms. The predicted molar refractivity (Wildman–Crippen MR) is 82.4 cm³/mol. The molecule has 2 nitrogen and oxygen atoms in total. The molecule has 0 heterocycles. The van der Waals surface area contributed by atoms with Crippen molar-refractivity contribution in [2.24, 2.45) is 0 Å². The van der Waals surface area contributed by atoms with Gasteiger partial charge < -0.3 is 0 Å². The molecule has 1 atom stereocenters. The van der Waals surface area contributed by atoms with Gasteiger partial charge in [-0.3, -0.25) is 4.79 Å². The van der Waals surface area contributed by atoms with E-state index < -0.39 is 0 Å². The highest BCUT2D eigenvalue weighted by Crippen LogP contribution is 2.31. The normalized spacial score (nSPS) is 14.1. The van der Waals surface area contributed by atoms with Crippen LogP contribution in [0.15, 0.2) is 47.6 Å². The molecule has 0 saturated heterocycles. The lowest BCUT2D eigenvalue weighted by Crippen LogP contribution is -2.19. The lowest BCUT2D eigenvalue weighted by molar-refractivity contribution is -0.104. The Labute approximate surface area is 121 Å². The smallest absolute Gasteiger partial charge is 0.145 e. The third-order valence-corrected chi connectivity index (χ3v) is 3.34. The molecular weight excluding hydrogens is 246 g/mol. The third kappa shape index (κ3) is 4.20. The van der Waals surface area contributed by atoms with E-state index in [-0.39, 0.29) is 5.41 Å². The number of carbonyl (C=O) groups excluding carboxylic acids is 1. The van der Waals surface area contributed by atoms with Crippen molar-refractivity contribution in [3.63, 3.8) is 0 Å². The van der Waals surface area contributed by atoms with E-state index in [9.17, 15) is 4.79 Å². The fourth-order valence-corrected chi connectivity index (χ4v) is 2.14. The number of carbonyl (C=O) groups is 1. The average molecular weight is 267 g/mol. The third-order valence-electron chi connectivity index (χ3n) is 3.34. The second-order valence-electron chi connectivity index (χ2n) is 5.60. The van der Waals surface area contributed by atoms with E-state index in [1.165, 1.54) is 5.57 Å². The number of nitrogens with zero attached hydrogens (tertiary/aromatic N) is 1. The number of benzene rings is 1. The molecule has 104 valence electrons. The van der Waals surface area contributed by atoms with Crippen molar-refractivity contribution in [2.75, 3.05) is 0 Å². The van der Waals surface area contributed by atoms with Gasteiger partial charge in [-0.15, -0.1) is 0 Å². The van der Waals surface area contributed by atoms with E-state index in [1.807, 2.05) is 37.3 Å². The zero-order valence-electron chi connectivity index (χ0n) is 12.6. The van der Waals surface area contributed by atoms with Crippen molar-refractivity contribution < 1.29 is 4.79 Å². The van der Waals surface area contributed by atoms with E-state index in [0.29, 0.717) is 5.56 Å². The largest absolute Gasteiger partial charge is 0.298 e. The van der Waals surface area contributed by atoms with Crippen LogP contribution in [0.3, 0.4) is 0 Å². The Hall–Kier alpha value is -2.14. The molecule has 0 spiro atoms. The maximum atomic E-state index is 10.9. The van der Waals surface area contributed by atoms with Crippen molar-refractivity contribution in [3.8, 4) is 6.07 Å². The molecule has 1 unspecified atom stereocenters. The summed E-state index contributed by atoms with van der Waals surface area (Å²) in [7, 11) is 0. The van der Waals surface area contributed by atoms with Crippen LogP contribution < -0.4 is 0 Å². The number of hydrogen-bond acceptors (Lipinski definition) is 2. The molecule has 20 heavy (non-hydrogen) atoms. The number of rotatable bonds is 5. The SMILES string of the molecule is CC(C)=CCC(C)(/C=C(\C)C=O)c1ccc(C#N)cc1. The van der Waals surface area contributed by atoms with Crippen LogP contribution in [-0.4, -0.2) is 6.29 Å². The van der Waals surface area contributed by atoms with Gasteiger partial charge in [0.1, 0.15) is 6.29 Å². The molecule has 0 N–H and O–H groups in total. The molecule has 1 rings (SSSR count). The highest BCUT2D eigenvalue weighted by Gasteiger charge is 2.23. The van der Waals surface area contributed by atoms with Crippen LogP contribution in [0.2, 0.25) is 0 Å². The van der Waals surface area contributed by atoms with Gasteiger partial charge in [0.2, 0.25) is 0 Å². The van der Waals surface area contributed by atoms with Gasteiger partial charge in [-0.1, -0.05) is 36.8 Å². The maximum Gasteiger partial charge on any atom is 0.145 e. The van der Waals surface area contributed by atoms with Crippen LogP contribution in [-0.2, 0) is 10.2 Å². The van der Waals surface area contributed by atoms with E-state index in [1.54, 1.807) is 0 Å². The molecule has 0 aliphatic rings. The van der Waals surface area contributed by atoms with E-state index in [0.717, 1.165) is 23.8 Å². The summed E-state index contributed by atoms with van der Waals surface area (Å²) in [5.41, 5.74) is 3.49. The summed E-state index contributed by atoms with van der Waals surface area (Å²) < 4.78 is 0. The Morgan fingerprint density at radius 3 is 2.30 bits per heavy atom. The van der Waals surface area contributed by atoms with E-state index in [4.69, 9.17) is 5.26 Å². The number of allylic oxidation sites excluding steroid dienone is 4. The van der Waals surface area contributed by atoms with Crippen LogP contribution in [0.5, 0.6) is 0 Å². The lowest BCUT2D eigenvalue weighted by Gasteiger charge is -2.26. The molecule has 0 saturated carbocycles. The van der Waals surface area contributed by atoms with Crippen molar-refractivity contribution in [1.29, 1.82) is 5.26 Å². The van der Waals surface area contributed by atoms with Gasteiger partial charge in [-0.05, 0) is 50.5 Å². The van der Waals surface area contributed by atoms with E-state index in [2.05, 4.69) is 32.9 Å². The zero-order valence-corrected chi connectivity index (χ0v) is 12.6. The fourth-order valence-electron chi connectivity index (χ4n) is 2.14. The Bertz CT molecular complexity index is 568. The van der Waals surface area contributed by atoms with Gasteiger partial charge in [0.05, 0.1) is 11.6 Å². The highest BCUT2D eigenvalue weighted by molar-refractivity contribution is 5.72. The van der Waals surface area contributed by atoms with Gasteiger partial charge in [-0.25, -0.2) is 0 Å². The summed E-state index contributed by atoms with van der Waals surface area (Å²) >= 11 is 0. The molecular formula is C18H21NO. The summed E-state index contributed by atoms with van der Waals surface area (Å²) in [4.78, 5) is 10.9. The fraction of sp³-hybridized carbons (Fsp3) is 0.333. The molecule has 1 aromatic rings. The Morgan fingerprint density at radius 2 is 1.85 bits per heavy atom. The monoisotopic (exact) mass is 267 g/mol. The molecule has 0 amide bonds. The van der Waals surface area contributed by atoms with Crippen LogP contribution in [0, 0.1) is 11.3 Å². The lowest BCUT2D eigenvalue weighted by atomic mass is 9.77. The van der Waals surface area contributed by atoms with Crippen LogP contribution in [0.4, 0.5) is 0 Å². The molecule has 0 aliphatic heterocycles. The quantitative estimate of drug-likeness (QED) is 0.453. The summed E-state index contributed by atoms with van der Waals surface area (Å²) in [6.45, 7) is 8.06. The van der Waals surface area contributed by atoms with Crippen molar-refractivity contribution in [3.05, 3.63) is 58.7 Å². The zero-order chi connectivity index (χ0) is 15.2. The van der Waals surface area contributed by atoms with Gasteiger partial charge >= 0.3 is 0 Å². The number of aldehydes is 1. The molecule has 1 aromatic carbocycles. The first-order chi connectivity index (χ1) is 9.41. The first-order valence-electron chi connectivity index (χ1n) is 6.70. The van der Waals surface area contributed by atoms with Gasteiger partial charge in [0.25, 0.3) is 0 Å². The minimum absolute atomic E-state index is 0.240. The maximum absolute atomic E-state index is 10.9. The standard InChI is InChI=1S/C18H21NO/c1-14(2)9-10-18(4,11-15(3)13-20)17-7-5-16(12-19)6-8-17/h5-9,11,13H,10H2,1-4H3/b15-11+. The summed E-state index contributed by atoms with van der Waals surface area (Å²) in [6.07, 6.45) is 5.88. The second-order valence-corrected chi connectivity index (χ2v) is 5.60. The average Bonchev–Trinajstić information content (AvgIpc) is 2.45. The topological polar surface area (TPSA) is 40.9 Å². The van der Waals surface area contributed by atoms with Gasteiger partial charge in [0, 0.05) is 5.41 Å². The minimum Gasteiger partial charge on any atom is -0.298 e. The van der Waals surface area contributed by atoms with Crippen molar-refractivity contribution in [1.82, 2.24) is 0 Å². The summed E-state index contributed by atoms with van der Waals surface area (Å²) in [5, 5.41) is 8.87. The summed E-state index contributed by atoms with van der Waals surface area (Å²) in [6, 6.07) is 9.69. The Morgan fingerprint density at radius 1 is 1.25 bits per heavy atom. The Kier molecular flexibility index (Phi) is 5.46. The summed E-state index contributed by atoms with van der Waals surface area (Å²) in [5.74, 6) is 0. The van der Waals surface area contributed by atoms with Crippen LogP contribution >= 0.6 is 0 Å². The van der Waals surface area contributed by atoms with Crippen LogP contribution in [0.1, 0.15) is 45.2 Å². The number of hydrogen-bond donors (Lipinski definition) is 0. The molecule has 0 radical (unpaired) electrons. The highest BCUT2D eigenvalue weighted by atomic mass is 16.1. The first kappa shape index (κ1) is 15.9. The van der Waals surface area contributed by atoms with Gasteiger partial charge in [-0.2, -0.15) is 5.26 Å².